The lowest BCUT2D eigenvalue weighted by Gasteiger charge is -2.06. The second kappa shape index (κ2) is 7.28. The monoisotopic (exact) mass is 404 g/mol. The fraction of sp³-hybridized carbons (Fsp3) is 0.263. The van der Waals surface area contributed by atoms with E-state index >= 15 is 0 Å². The first kappa shape index (κ1) is 19.3. The van der Waals surface area contributed by atoms with Crippen LogP contribution < -0.4 is 4.80 Å². The Morgan fingerprint density at radius 1 is 1.11 bits per heavy atom. The molecular weight excluding hydrogens is 384 g/mol. The van der Waals surface area contributed by atoms with Crippen molar-refractivity contribution in [2.24, 2.45) is 4.40 Å². The average Bonchev–Trinajstić information content (AvgIpc) is 2.91. The topological polar surface area (TPSA) is 77.7 Å². The summed E-state index contributed by atoms with van der Waals surface area (Å²) in [5.41, 5.74) is 3.85. The molecule has 0 saturated carbocycles. The van der Waals surface area contributed by atoms with Gasteiger partial charge in [0.05, 0.1) is 22.2 Å². The highest BCUT2D eigenvalue weighted by atomic mass is 32.2. The molecule has 1 aromatic heterocycles. The lowest BCUT2D eigenvalue weighted by atomic mass is 10.1. The van der Waals surface area contributed by atoms with Gasteiger partial charge in [0.15, 0.2) is 0 Å². The molecule has 8 heteroatoms. The molecule has 3 rings (SSSR count). The van der Waals surface area contributed by atoms with Crippen LogP contribution in [0.1, 0.15) is 16.7 Å². The number of carbonyl (C=O) groups is 1. The lowest BCUT2D eigenvalue weighted by Crippen LogP contribution is -2.22. The standard InChI is InChI=1S/C19H20N2O4S2/c1-12-5-7-15(8-6-12)27(23,24)20-19-21(11-18(22)25-4)16-9-13(2)14(3)10-17(16)26-19/h5-10H,11H2,1-4H3/b20-19-. The van der Waals surface area contributed by atoms with E-state index in [0.717, 1.165) is 26.9 Å². The van der Waals surface area contributed by atoms with Gasteiger partial charge in [-0.3, -0.25) is 4.79 Å². The van der Waals surface area contributed by atoms with Crippen molar-refractivity contribution in [2.75, 3.05) is 7.11 Å². The Kier molecular flexibility index (Phi) is 5.21. The number of benzene rings is 2. The molecule has 6 nitrogen and oxygen atoms in total. The fourth-order valence-corrected chi connectivity index (χ4v) is 4.92. The van der Waals surface area contributed by atoms with E-state index in [9.17, 15) is 13.2 Å². The Balaban J connectivity index is 2.25. The number of rotatable bonds is 4. The van der Waals surface area contributed by atoms with Gasteiger partial charge in [0.25, 0.3) is 10.0 Å². The molecule has 2 aromatic carbocycles. The van der Waals surface area contributed by atoms with E-state index in [1.165, 1.54) is 30.6 Å². The molecule has 0 aliphatic heterocycles. The van der Waals surface area contributed by atoms with Crippen molar-refractivity contribution >= 4 is 37.5 Å². The summed E-state index contributed by atoms with van der Waals surface area (Å²) in [5, 5.41) is 0. The molecule has 0 spiro atoms. The molecule has 0 saturated heterocycles. The number of nitrogens with zero attached hydrogens (tertiary/aromatic N) is 2. The second-order valence-corrected chi connectivity index (χ2v) is 8.94. The number of hydrogen-bond donors (Lipinski definition) is 0. The van der Waals surface area contributed by atoms with Gasteiger partial charge < -0.3 is 9.30 Å². The van der Waals surface area contributed by atoms with Crippen molar-refractivity contribution in [3.63, 3.8) is 0 Å². The van der Waals surface area contributed by atoms with Gasteiger partial charge in [-0.15, -0.1) is 4.40 Å². The van der Waals surface area contributed by atoms with Gasteiger partial charge >= 0.3 is 5.97 Å². The van der Waals surface area contributed by atoms with E-state index in [0.29, 0.717) is 0 Å². The number of carbonyl (C=O) groups excluding carboxylic acids is 1. The van der Waals surface area contributed by atoms with Crippen molar-refractivity contribution in [3.8, 4) is 0 Å². The summed E-state index contributed by atoms with van der Waals surface area (Å²) < 4.78 is 36.7. The largest absolute Gasteiger partial charge is 0.468 e. The number of ether oxygens (including phenoxy) is 1. The Labute approximate surface area is 161 Å². The molecule has 0 fully saturated rings. The Hall–Kier alpha value is -2.45. The molecular formula is C19H20N2O4S2. The zero-order chi connectivity index (χ0) is 19.8. The Morgan fingerprint density at radius 2 is 1.74 bits per heavy atom. The molecule has 1 heterocycles. The van der Waals surface area contributed by atoms with Crippen LogP contribution >= 0.6 is 11.3 Å². The van der Waals surface area contributed by atoms with Gasteiger partial charge in [-0.25, -0.2) is 0 Å². The van der Waals surface area contributed by atoms with Crippen molar-refractivity contribution in [1.29, 1.82) is 0 Å². The fourth-order valence-electron chi connectivity index (χ4n) is 2.60. The van der Waals surface area contributed by atoms with Crippen LogP contribution in [-0.2, 0) is 26.1 Å². The Morgan fingerprint density at radius 3 is 2.37 bits per heavy atom. The van der Waals surface area contributed by atoms with E-state index in [2.05, 4.69) is 4.40 Å². The van der Waals surface area contributed by atoms with Crippen molar-refractivity contribution in [1.82, 2.24) is 4.57 Å². The number of hydrogen-bond acceptors (Lipinski definition) is 5. The van der Waals surface area contributed by atoms with Crippen LogP contribution in [0.3, 0.4) is 0 Å². The van der Waals surface area contributed by atoms with Crippen molar-refractivity contribution in [3.05, 3.63) is 57.9 Å². The van der Waals surface area contributed by atoms with Crippen LogP contribution in [0.5, 0.6) is 0 Å². The zero-order valence-corrected chi connectivity index (χ0v) is 17.1. The third kappa shape index (κ3) is 3.96. The third-order valence-electron chi connectivity index (χ3n) is 4.33. The third-order valence-corrected chi connectivity index (χ3v) is 6.77. The van der Waals surface area contributed by atoms with Crippen LogP contribution in [0, 0.1) is 20.8 Å². The van der Waals surface area contributed by atoms with Crippen LogP contribution in [0.15, 0.2) is 45.7 Å². The van der Waals surface area contributed by atoms with E-state index in [1.54, 1.807) is 16.7 Å². The summed E-state index contributed by atoms with van der Waals surface area (Å²) in [6.07, 6.45) is 0. The molecule has 0 radical (unpaired) electrons. The number of aryl methyl sites for hydroxylation is 3. The molecule has 0 aliphatic rings. The SMILES string of the molecule is COC(=O)Cn1/c(=N/S(=O)(=O)c2ccc(C)cc2)sc2cc(C)c(C)cc21. The van der Waals surface area contributed by atoms with Gasteiger partial charge in [-0.05, 0) is 56.2 Å². The highest BCUT2D eigenvalue weighted by Gasteiger charge is 2.16. The first-order valence-electron chi connectivity index (χ1n) is 8.26. The van der Waals surface area contributed by atoms with E-state index in [4.69, 9.17) is 4.74 Å². The van der Waals surface area contributed by atoms with E-state index in [-0.39, 0.29) is 16.2 Å². The normalized spacial score (nSPS) is 12.5. The van der Waals surface area contributed by atoms with Gasteiger partial charge in [0.1, 0.15) is 6.54 Å². The quantitative estimate of drug-likeness (QED) is 0.626. The average molecular weight is 405 g/mol. The van der Waals surface area contributed by atoms with Gasteiger partial charge in [0, 0.05) is 0 Å². The minimum Gasteiger partial charge on any atom is -0.468 e. The summed E-state index contributed by atoms with van der Waals surface area (Å²) >= 11 is 1.23. The number of sulfonamides is 1. The molecule has 0 amide bonds. The molecule has 3 aromatic rings. The molecule has 142 valence electrons. The molecule has 0 N–H and O–H groups in total. The van der Waals surface area contributed by atoms with Crippen LogP contribution in [0.2, 0.25) is 0 Å². The number of thiazole rings is 1. The van der Waals surface area contributed by atoms with Gasteiger partial charge in [-0.1, -0.05) is 29.0 Å². The summed E-state index contributed by atoms with van der Waals surface area (Å²) in [4.78, 5) is 12.2. The summed E-state index contributed by atoms with van der Waals surface area (Å²) in [6.45, 7) is 5.73. The molecule has 0 bridgehead atoms. The van der Waals surface area contributed by atoms with E-state index in [1.807, 2.05) is 32.9 Å². The summed E-state index contributed by atoms with van der Waals surface area (Å²) in [7, 11) is -2.60. The number of methoxy groups -OCH3 is 1. The molecule has 0 aliphatic carbocycles. The minimum atomic E-state index is -3.90. The summed E-state index contributed by atoms with van der Waals surface area (Å²) in [6, 6.07) is 10.4. The Bertz CT molecular complexity index is 1190. The predicted molar refractivity (Wildman–Crippen MR) is 105 cm³/mol. The molecule has 27 heavy (non-hydrogen) atoms. The van der Waals surface area contributed by atoms with Crippen LogP contribution in [0.25, 0.3) is 10.2 Å². The maximum atomic E-state index is 12.7. The maximum absolute atomic E-state index is 12.7. The van der Waals surface area contributed by atoms with Crippen molar-refractivity contribution < 1.29 is 17.9 Å². The van der Waals surface area contributed by atoms with Crippen LogP contribution in [-0.4, -0.2) is 26.1 Å². The minimum absolute atomic E-state index is 0.110. The highest BCUT2D eigenvalue weighted by Crippen LogP contribution is 2.23. The maximum Gasteiger partial charge on any atom is 0.325 e. The predicted octanol–water partition coefficient (Wildman–Crippen LogP) is 3.09. The van der Waals surface area contributed by atoms with E-state index < -0.39 is 16.0 Å². The second-order valence-electron chi connectivity index (χ2n) is 6.33. The summed E-state index contributed by atoms with van der Waals surface area (Å²) in [5.74, 6) is -0.470. The number of fused-ring (bicyclic) bond motifs is 1. The highest BCUT2D eigenvalue weighted by molar-refractivity contribution is 7.90. The molecule has 0 atom stereocenters. The first-order chi connectivity index (χ1) is 12.7. The molecule has 0 unspecified atom stereocenters. The lowest BCUT2D eigenvalue weighted by molar-refractivity contribution is -0.141. The first-order valence-corrected chi connectivity index (χ1v) is 10.5. The van der Waals surface area contributed by atoms with Crippen molar-refractivity contribution in [2.45, 2.75) is 32.2 Å². The number of aromatic nitrogens is 1. The number of esters is 1. The van der Waals surface area contributed by atoms with Gasteiger partial charge in [-0.2, -0.15) is 8.42 Å². The van der Waals surface area contributed by atoms with Crippen LogP contribution in [0.4, 0.5) is 0 Å². The van der Waals surface area contributed by atoms with Gasteiger partial charge in [0.2, 0.25) is 4.80 Å². The smallest absolute Gasteiger partial charge is 0.325 e. The zero-order valence-electron chi connectivity index (χ0n) is 15.5.